The highest BCUT2D eigenvalue weighted by Gasteiger charge is 2.13. The molecule has 0 radical (unpaired) electrons. The highest BCUT2D eigenvalue weighted by atomic mass is 35.5. The molecule has 0 aliphatic rings. The predicted octanol–water partition coefficient (Wildman–Crippen LogP) is 2.99. The number of halogens is 2. The third-order valence-corrected chi connectivity index (χ3v) is 4.18. The van der Waals surface area contributed by atoms with E-state index in [-0.39, 0.29) is 18.6 Å². The standard InChI is InChI=1S/C20H20Cl2N4O4/c1-12(2)24-19(28)20(29)26-23-10-13-4-3-5-15(8-13)30-11-18(27)25-14-6-7-16(21)17(22)9-14/h3-10,12H,11H2,1-2H3,(H,24,28)(H,25,27)(H,26,29)/b23-10-. The minimum Gasteiger partial charge on any atom is -0.484 e. The molecule has 30 heavy (non-hydrogen) atoms. The fourth-order valence-corrected chi connectivity index (χ4v) is 2.45. The Kier molecular flexibility index (Phi) is 8.64. The Bertz CT molecular complexity index is 964. The molecule has 0 bridgehead atoms. The maximum absolute atomic E-state index is 12.0. The van der Waals surface area contributed by atoms with Crippen LogP contribution in [0.4, 0.5) is 5.69 Å². The summed E-state index contributed by atoms with van der Waals surface area (Å²) < 4.78 is 5.46. The fraction of sp³-hybridized carbons (Fsp3) is 0.200. The van der Waals surface area contributed by atoms with Crippen LogP contribution in [0.3, 0.4) is 0 Å². The second kappa shape index (κ2) is 11.2. The summed E-state index contributed by atoms with van der Waals surface area (Å²) in [4.78, 5) is 35.1. The SMILES string of the molecule is CC(C)NC(=O)C(=O)N/N=C\c1cccc(OCC(=O)Nc2ccc(Cl)c(Cl)c2)c1. The first-order valence-electron chi connectivity index (χ1n) is 8.86. The van der Waals surface area contributed by atoms with Gasteiger partial charge < -0.3 is 15.4 Å². The molecule has 8 nitrogen and oxygen atoms in total. The van der Waals surface area contributed by atoms with Crippen molar-refractivity contribution in [1.29, 1.82) is 0 Å². The third-order valence-electron chi connectivity index (χ3n) is 3.44. The van der Waals surface area contributed by atoms with Crippen LogP contribution in [0, 0.1) is 0 Å². The van der Waals surface area contributed by atoms with E-state index >= 15 is 0 Å². The average molecular weight is 451 g/mol. The van der Waals surface area contributed by atoms with Gasteiger partial charge in [-0.15, -0.1) is 0 Å². The summed E-state index contributed by atoms with van der Waals surface area (Å²) in [6, 6.07) is 11.3. The molecule has 2 aromatic rings. The van der Waals surface area contributed by atoms with E-state index in [0.29, 0.717) is 27.0 Å². The number of carbonyl (C=O) groups excluding carboxylic acids is 3. The Balaban J connectivity index is 1.86. The van der Waals surface area contributed by atoms with Crippen molar-refractivity contribution in [2.45, 2.75) is 19.9 Å². The van der Waals surface area contributed by atoms with Gasteiger partial charge in [0.2, 0.25) is 0 Å². The van der Waals surface area contributed by atoms with Gasteiger partial charge in [-0.3, -0.25) is 14.4 Å². The number of ether oxygens (including phenoxy) is 1. The molecule has 0 unspecified atom stereocenters. The van der Waals surface area contributed by atoms with Gasteiger partial charge in [-0.1, -0.05) is 35.3 Å². The van der Waals surface area contributed by atoms with Crippen LogP contribution in [-0.4, -0.2) is 36.6 Å². The molecule has 2 rings (SSSR count). The van der Waals surface area contributed by atoms with Crippen LogP contribution >= 0.6 is 23.2 Å². The van der Waals surface area contributed by atoms with Crippen molar-refractivity contribution in [2.24, 2.45) is 5.10 Å². The smallest absolute Gasteiger partial charge is 0.329 e. The van der Waals surface area contributed by atoms with Gasteiger partial charge in [-0.25, -0.2) is 5.43 Å². The second-order valence-electron chi connectivity index (χ2n) is 6.37. The topological polar surface area (TPSA) is 109 Å². The third kappa shape index (κ3) is 7.73. The molecule has 0 aromatic heterocycles. The number of nitrogens with zero attached hydrogens (tertiary/aromatic N) is 1. The van der Waals surface area contributed by atoms with Crippen LogP contribution in [-0.2, 0) is 14.4 Å². The lowest BCUT2D eigenvalue weighted by molar-refractivity contribution is -0.139. The van der Waals surface area contributed by atoms with E-state index in [1.54, 1.807) is 50.2 Å². The number of anilines is 1. The van der Waals surface area contributed by atoms with E-state index < -0.39 is 11.8 Å². The Labute approximate surface area is 183 Å². The van der Waals surface area contributed by atoms with E-state index in [1.165, 1.54) is 12.3 Å². The fourth-order valence-electron chi connectivity index (χ4n) is 2.15. The lowest BCUT2D eigenvalue weighted by Gasteiger charge is -2.09. The quantitative estimate of drug-likeness (QED) is 0.342. The zero-order valence-electron chi connectivity index (χ0n) is 16.2. The van der Waals surface area contributed by atoms with Gasteiger partial charge in [0.25, 0.3) is 5.91 Å². The molecule has 0 saturated carbocycles. The molecule has 0 aliphatic carbocycles. The first-order chi connectivity index (χ1) is 14.2. The molecular weight excluding hydrogens is 431 g/mol. The zero-order chi connectivity index (χ0) is 22.1. The molecule has 0 heterocycles. The van der Waals surface area contributed by atoms with Gasteiger partial charge in [0, 0.05) is 11.7 Å². The molecule has 0 fully saturated rings. The molecule has 0 saturated heterocycles. The van der Waals surface area contributed by atoms with Crippen LogP contribution in [0.15, 0.2) is 47.6 Å². The van der Waals surface area contributed by atoms with Gasteiger partial charge in [0.1, 0.15) is 5.75 Å². The molecule has 3 amide bonds. The van der Waals surface area contributed by atoms with Gasteiger partial charge >= 0.3 is 11.8 Å². The average Bonchev–Trinajstić information content (AvgIpc) is 2.69. The molecular formula is C20H20Cl2N4O4. The molecule has 10 heteroatoms. The summed E-state index contributed by atoms with van der Waals surface area (Å²) in [6.45, 7) is 3.25. The summed E-state index contributed by atoms with van der Waals surface area (Å²) in [7, 11) is 0. The number of hydrogen-bond donors (Lipinski definition) is 3. The molecule has 0 aliphatic heterocycles. The maximum Gasteiger partial charge on any atom is 0.329 e. The summed E-state index contributed by atoms with van der Waals surface area (Å²) in [5.74, 6) is -1.60. The number of rotatable bonds is 7. The Morgan fingerprint density at radius 1 is 1.07 bits per heavy atom. The predicted molar refractivity (Wildman–Crippen MR) is 116 cm³/mol. The summed E-state index contributed by atoms with van der Waals surface area (Å²) in [5, 5.41) is 9.55. The minimum atomic E-state index is -0.869. The summed E-state index contributed by atoms with van der Waals surface area (Å²) in [5.41, 5.74) is 3.23. The van der Waals surface area contributed by atoms with Crippen LogP contribution in [0.2, 0.25) is 10.0 Å². The van der Waals surface area contributed by atoms with Crippen LogP contribution in [0.25, 0.3) is 0 Å². The van der Waals surface area contributed by atoms with Crippen LogP contribution in [0.1, 0.15) is 19.4 Å². The lowest BCUT2D eigenvalue weighted by atomic mass is 10.2. The Morgan fingerprint density at radius 2 is 1.83 bits per heavy atom. The number of hydrazone groups is 1. The van der Waals surface area contributed by atoms with E-state index in [9.17, 15) is 14.4 Å². The molecule has 0 spiro atoms. The number of amides is 3. The molecule has 158 valence electrons. The monoisotopic (exact) mass is 450 g/mol. The number of nitrogens with one attached hydrogen (secondary N) is 3. The Morgan fingerprint density at radius 3 is 2.53 bits per heavy atom. The number of benzene rings is 2. The van der Waals surface area contributed by atoms with E-state index in [0.717, 1.165) is 0 Å². The summed E-state index contributed by atoms with van der Waals surface area (Å²) >= 11 is 11.8. The molecule has 2 aromatic carbocycles. The van der Waals surface area contributed by atoms with Gasteiger partial charge in [0.15, 0.2) is 6.61 Å². The van der Waals surface area contributed by atoms with Crippen molar-refractivity contribution >= 4 is 52.8 Å². The maximum atomic E-state index is 12.0. The van der Waals surface area contributed by atoms with Crippen molar-refractivity contribution in [1.82, 2.24) is 10.7 Å². The van der Waals surface area contributed by atoms with E-state index in [2.05, 4.69) is 21.2 Å². The van der Waals surface area contributed by atoms with Crippen LogP contribution in [0.5, 0.6) is 5.75 Å². The lowest BCUT2D eigenvalue weighted by Crippen LogP contribution is -2.41. The highest BCUT2D eigenvalue weighted by Crippen LogP contribution is 2.25. The van der Waals surface area contributed by atoms with Crippen molar-refractivity contribution in [2.75, 3.05) is 11.9 Å². The molecule has 0 atom stereocenters. The van der Waals surface area contributed by atoms with Gasteiger partial charge in [0.05, 0.1) is 16.3 Å². The summed E-state index contributed by atoms with van der Waals surface area (Å²) in [6.07, 6.45) is 1.35. The zero-order valence-corrected chi connectivity index (χ0v) is 17.8. The van der Waals surface area contributed by atoms with Crippen LogP contribution < -0.4 is 20.8 Å². The van der Waals surface area contributed by atoms with E-state index in [1.807, 2.05) is 0 Å². The number of carbonyl (C=O) groups is 3. The van der Waals surface area contributed by atoms with Gasteiger partial charge in [-0.05, 0) is 49.7 Å². The van der Waals surface area contributed by atoms with Crippen molar-refractivity contribution in [3.05, 3.63) is 58.1 Å². The minimum absolute atomic E-state index is 0.157. The van der Waals surface area contributed by atoms with Crippen molar-refractivity contribution < 1.29 is 19.1 Å². The molecule has 3 N–H and O–H groups in total. The second-order valence-corrected chi connectivity index (χ2v) is 7.18. The van der Waals surface area contributed by atoms with Crippen molar-refractivity contribution in [3.63, 3.8) is 0 Å². The van der Waals surface area contributed by atoms with Crippen molar-refractivity contribution in [3.8, 4) is 5.75 Å². The van der Waals surface area contributed by atoms with Gasteiger partial charge in [-0.2, -0.15) is 5.10 Å². The highest BCUT2D eigenvalue weighted by molar-refractivity contribution is 6.42. The van der Waals surface area contributed by atoms with E-state index in [4.69, 9.17) is 27.9 Å². The first-order valence-corrected chi connectivity index (χ1v) is 9.62. The normalized spacial score (nSPS) is 10.7. The largest absolute Gasteiger partial charge is 0.484 e. The first kappa shape index (κ1) is 23.2. The number of hydrogen-bond acceptors (Lipinski definition) is 5. The Hall–Kier alpha value is -3.10.